The third-order valence-electron chi connectivity index (χ3n) is 4.01. The van der Waals surface area contributed by atoms with Crippen molar-refractivity contribution in [3.05, 3.63) is 59.5 Å². The molecule has 0 aliphatic heterocycles. The number of ether oxygens (including phenoxy) is 1. The minimum absolute atomic E-state index is 0.116. The molecule has 26 heavy (non-hydrogen) atoms. The molecule has 5 nitrogen and oxygen atoms in total. The Kier molecular flexibility index (Phi) is 5.34. The number of benzene rings is 2. The molecule has 0 spiro atoms. The lowest BCUT2D eigenvalue weighted by atomic mass is 10.1. The van der Waals surface area contributed by atoms with E-state index in [9.17, 15) is 13.5 Å². The van der Waals surface area contributed by atoms with Gasteiger partial charge in [0.1, 0.15) is 11.4 Å². The average molecular weight is 392 g/mol. The highest BCUT2D eigenvalue weighted by atomic mass is 32.2. The van der Waals surface area contributed by atoms with E-state index in [1.54, 1.807) is 19.1 Å². The van der Waals surface area contributed by atoms with Crippen LogP contribution in [0.1, 0.15) is 18.7 Å². The quantitative estimate of drug-likeness (QED) is 0.646. The minimum Gasteiger partial charge on any atom is -0.494 e. The van der Waals surface area contributed by atoms with E-state index in [0.29, 0.717) is 17.2 Å². The Morgan fingerprint density at radius 1 is 1.15 bits per heavy atom. The van der Waals surface area contributed by atoms with Crippen LogP contribution in [0.4, 0.5) is 0 Å². The highest BCUT2D eigenvalue weighted by Gasteiger charge is 2.28. The zero-order valence-electron chi connectivity index (χ0n) is 14.6. The Balaban J connectivity index is 1.75. The van der Waals surface area contributed by atoms with Gasteiger partial charge in [0.25, 0.3) is 0 Å². The van der Waals surface area contributed by atoms with Crippen molar-refractivity contribution >= 4 is 31.4 Å². The molecule has 3 aromatic rings. The minimum atomic E-state index is -3.72. The van der Waals surface area contributed by atoms with Gasteiger partial charge in [-0.3, -0.25) is 0 Å². The van der Waals surface area contributed by atoms with Crippen LogP contribution in [0.3, 0.4) is 0 Å². The van der Waals surface area contributed by atoms with E-state index >= 15 is 0 Å². The molecule has 0 aliphatic rings. The third-order valence-corrected chi connectivity index (χ3v) is 6.79. The van der Waals surface area contributed by atoms with E-state index < -0.39 is 15.6 Å². The number of thiophene rings is 1. The number of hydrogen-bond donors (Lipinski definition) is 2. The number of fused-ring (bicyclic) bond motifs is 1. The van der Waals surface area contributed by atoms with E-state index in [1.165, 1.54) is 23.5 Å². The van der Waals surface area contributed by atoms with Gasteiger partial charge in [-0.1, -0.05) is 18.2 Å². The van der Waals surface area contributed by atoms with Crippen molar-refractivity contribution < 1.29 is 18.3 Å². The van der Waals surface area contributed by atoms with Crippen LogP contribution in [0, 0.1) is 0 Å². The summed E-state index contributed by atoms with van der Waals surface area (Å²) in [5.41, 5.74) is -1.30. The van der Waals surface area contributed by atoms with Crippen LogP contribution in [0.15, 0.2) is 59.5 Å². The smallest absolute Gasteiger partial charge is 0.240 e. The molecular weight excluding hydrogens is 370 g/mol. The fraction of sp³-hybridized carbons (Fsp3) is 0.263. The number of hydrogen-bond acceptors (Lipinski definition) is 5. The summed E-state index contributed by atoms with van der Waals surface area (Å²) in [6, 6.07) is 15.9. The second-order valence-corrected chi connectivity index (χ2v) is 9.00. The Labute approximate surface area is 157 Å². The highest BCUT2D eigenvalue weighted by Crippen LogP contribution is 2.33. The van der Waals surface area contributed by atoms with Gasteiger partial charge in [0, 0.05) is 16.1 Å². The molecule has 0 radical (unpaired) electrons. The molecule has 2 aromatic carbocycles. The Morgan fingerprint density at radius 2 is 1.85 bits per heavy atom. The summed E-state index contributed by atoms with van der Waals surface area (Å²) < 4.78 is 33.9. The SMILES string of the molecule is CCOc1ccc(S(=O)(=O)NCC(C)(O)c2cc3ccccc3s2)cc1. The van der Waals surface area contributed by atoms with Crippen LogP contribution in [-0.4, -0.2) is 26.7 Å². The van der Waals surface area contributed by atoms with Gasteiger partial charge in [-0.15, -0.1) is 11.3 Å². The van der Waals surface area contributed by atoms with Gasteiger partial charge in [0.2, 0.25) is 10.0 Å². The van der Waals surface area contributed by atoms with Crippen molar-refractivity contribution in [1.82, 2.24) is 4.72 Å². The van der Waals surface area contributed by atoms with Crippen LogP contribution in [0.25, 0.3) is 10.1 Å². The maximum absolute atomic E-state index is 12.5. The van der Waals surface area contributed by atoms with Crippen LogP contribution in [0.2, 0.25) is 0 Å². The molecule has 1 atom stereocenters. The number of nitrogens with one attached hydrogen (secondary N) is 1. The molecule has 1 aromatic heterocycles. The third kappa shape index (κ3) is 4.07. The highest BCUT2D eigenvalue weighted by molar-refractivity contribution is 7.89. The normalized spacial score (nSPS) is 14.3. The van der Waals surface area contributed by atoms with E-state index in [-0.39, 0.29) is 11.4 Å². The van der Waals surface area contributed by atoms with Crippen molar-refractivity contribution in [2.24, 2.45) is 0 Å². The van der Waals surface area contributed by atoms with Crippen molar-refractivity contribution in [1.29, 1.82) is 0 Å². The molecule has 0 saturated carbocycles. The summed E-state index contributed by atoms with van der Waals surface area (Å²) in [5.74, 6) is 0.615. The topological polar surface area (TPSA) is 75.6 Å². The standard InChI is InChI=1S/C19H21NO4S2/c1-3-24-15-8-10-16(11-9-15)26(22,23)20-13-19(2,21)18-12-14-6-4-5-7-17(14)25-18/h4-12,20-21H,3,13H2,1-2H3. The maximum atomic E-state index is 12.5. The number of sulfonamides is 1. The summed E-state index contributed by atoms with van der Waals surface area (Å²) in [6.07, 6.45) is 0. The van der Waals surface area contributed by atoms with Crippen molar-refractivity contribution in [2.75, 3.05) is 13.2 Å². The molecular formula is C19H21NO4S2. The lowest BCUT2D eigenvalue weighted by molar-refractivity contribution is 0.0666. The molecule has 7 heteroatoms. The lowest BCUT2D eigenvalue weighted by Crippen LogP contribution is -2.38. The van der Waals surface area contributed by atoms with Gasteiger partial charge >= 0.3 is 0 Å². The molecule has 0 saturated heterocycles. The largest absolute Gasteiger partial charge is 0.494 e. The summed E-state index contributed by atoms with van der Waals surface area (Å²) >= 11 is 1.46. The van der Waals surface area contributed by atoms with E-state index in [1.807, 2.05) is 37.3 Å². The Morgan fingerprint density at radius 3 is 2.50 bits per heavy atom. The summed E-state index contributed by atoms with van der Waals surface area (Å²) in [4.78, 5) is 0.848. The van der Waals surface area contributed by atoms with Crippen LogP contribution in [0.5, 0.6) is 5.75 Å². The Bertz CT molecular complexity index is 959. The Hall–Kier alpha value is -1.93. The van der Waals surface area contributed by atoms with Crippen LogP contribution >= 0.6 is 11.3 Å². The van der Waals surface area contributed by atoms with Gasteiger partial charge in [0.05, 0.1) is 11.5 Å². The van der Waals surface area contributed by atoms with E-state index in [2.05, 4.69) is 4.72 Å². The molecule has 2 N–H and O–H groups in total. The molecule has 3 rings (SSSR count). The monoisotopic (exact) mass is 391 g/mol. The van der Waals surface area contributed by atoms with Crippen molar-refractivity contribution in [3.8, 4) is 5.75 Å². The summed E-state index contributed by atoms with van der Waals surface area (Å²) in [5, 5.41) is 11.8. The molecule has 1 heterocycles. The molecule has 0 bridgehead atoms. The molecule has 138 valence electrons. The predicted octanol–water partition coefficient (Wildman–Crippen LogP) is 3.49. The van der Waals surface area contributed by atoms with E-state index in [0.717, 1.165) is 10.1 Å². The first-order chi connectivity index (χ1) is 12.3. The molecule has 1 unspecified atom stereocenters. The first-order valence-corrected chi connectivity index (χ1v) is 10.6. The van der Waals surface area contributed by atoms with Crippen molar-refractivity contribution in [2.45, 2.75) is 24.3 Å². The molecule has 0 fully saturated rings. The predicted molar refractivity (Wildman–Crippen MR) is 104 cm³/mol. The first kappa shape index (κ1) is 18.8. The zero-order chi connectivity index (χ0) is 18.8. The van der Waals surface area contributed by atoms with Gasteiger partial charge in [-0.25, -0.2) is 13.1 Å². The lowest BCUT2D eigenvalue weighted by Gasteiger charge is -2.22. The maximum Gasteiger partial charge on any atom is 0.240 e. The van der Waals surface area contributed by atoms with E-state index in [4.69, 9.17) is 4.74 Å². The van der Waals surface area contributed by atoms with Crippen LogP contribution < -0.4 is 9.46 Å². The molecule has 0 amide bonds. The fourth-order valence-corrected chi connectivity index (χ4v) is 4.77. The number of aliphatic hydroxyl groups is 1. The molecule has 0 aliphatic carbocycles. The van der Waals surface area contributed by atoms with Crippen molar-refractivity contribution in [3.63, 3.8) is 0 Å². The van der Waals surface area contributed by atoms with Crippen LogP contribution in [-0.2, 0) is 15.6 Å². The van der Waals surface area contributed by atoms with Gasteiger partial charge < -0.3 is 9.84 Å². The second-order valence-electron chi connectivity index (χ2n) is 6.15. The summed E-state index contributed by atoms with van der Waals surface area (Å²) in [6.45, 7) is 3.87. The number of rotatable bonds is 7. The first-order valence-electron chi connectivity index (χ1n) is 8.26. The average Bonchev–Trinajstić information content (AvgIpc) is 3.06. The summed E-state index contributed by atoms with van der Waals surface area (Å²) in [7, 11) is -3.72. The van der Waals surface area contributed by atoms with Gasteiger partial charge in [0.15, 0.2) is 0 Å². The van der Waals surface area contributed by atoms with Gasteiger partial charge in [-0.05, 0) is 55.6 Å². The van der Waals surface area contributed by atoms with Gasteiger partial charge in [-0.2, -0.15) is 0 Å². The second kappa shape index (κ2) is 7.36. The zero-order valence-corrected chi connectivity index (χ0v) is 16.2. The fourth-order valence-electron chi connectivity index (χ4n) is 2.53.